The van der Waals surface area contributed by atoms with E-state index in [1.807, 2.05) is 0 Å². The second-order valence-corrected chi connectivity index (χ2v) is 2.33. The molecule has 0 saturated heterocycles. The Morgan fingerprint density at radius 1 is 1.42 bits per heavy atom. The second-order valence-electron chi connectivity index (χ2n) is 2.33. The summed E-state index contributed by atoms with van der Waals surface area (Å²) in [5.74, 6) is 0. The van der Waals surface area contributed by atoms with Crippen LogP contribution in [-0.4, -0.2) is 40.0 Å². The summed E-state index contributed by atoms with van der Waals surface area (Å²) >= 11 is 0. The molecule has 0 radical (unpaired) electrons. The smallest absolute Gasteiger partial charge is 0.138 e. The van der Waals surface area contributed by atoms with E-state index < -0.39 is 0 Å². The fraction of sp³-hybridized carbons (Fsp3) is 0.833. The van der Waals surface area contributed by atoms with Gasteiger partial charge in [0.15, 0.2) is 0 Å². The van der Waals surface area contributed by atoms with Crippen LogP contribution in [-0.2, 0) is 11.3 Å². The number of hydrogen-bond donors (Lipinski definition) is 1. The van der Waals surface area contributed by atoms with Gasteiger partial charge in [0.1, 0.15) is 6.33 Å². The van der Waals surface area contributed by atoms with E-state index in [0.29, 0.717) is 26.3 Å². The van der Waals surface area contributed by atoms with Crippen LogP contribution in [0, 0.1) is 0 Å². The van der Waals surface area contributed by atoms with E-state index in [0.717, 1.165) is 6.42 Å². The summed E-state index contributed by atoms with van der Waals surface area (Å²) in [5.41, 5.74) is 5.29. The van der Waals surface area contributed by atoms with Crippen LogP contribution in [0.5, 0.6) is 0 Å². The molecule has 0 saturated carbocycles. The summed E-state index contributed by atoms with van der Waals surface area (Å²) in [6.45, 7) is 2.70. The summed E-state index contributed by atoms with van der Waals surface area (Å²) in [6, 6.07) is 0. The van der Waals surface area contributed by atoms with E-state index in [1.54, 1.807) is 11.0 Å². The van der Waals surface area contributed by atoms with Crippen molar-refractivity contribution in [2.45, 2.75) is 13.0 Å². The average Bonchev–Trinajstić information content (AvgIpc) is 2.57. The highest BCUT2D eigenvalue weighted by atomic mass is 16.5. The normalized spacial score (nSPS) is 10.4. The number of nitrogens with two attached hydrogens (primary N) is 1. The standard InChI is InChI=1S/C6H13N5O/c7-2-1-4-12-5-3-11-6-8-9-10-11/h6H,1-5,7H2. The van der Waals surface area contributed by atoms with E-state index in [4.69, 9.17) is 10.5 Å². The van der Waals surface area contributed by atoms with E-state index >= 15 is 0 Å². The molecule has 0 bridgehead atoms. The maximum Gasteiger partial charge on any atom is 0.138 e. The van der Waals surface area contributed by atoms with Crippen molar-refractivity contribution in [2.24, 2.45) is 5.73 Å². The third-order valence-corrected chi connectivity index (χ3v) is 1.35. The molecular weight excluding hydrogens is 158 g/mol. The minimum atomic E-state index is 0.630. The quantitative estimate of drug-likeness (QED) is 0.557. The Morgan fingerprint density at radius 3 is 3.00 bits per heavy atom. The molecule has 1 rings (SSSR count). The first-order chi connectivity index (χ1) is 5.93. The van der Waals surface area contributed by atoms with Gasteiger partial charge in [0.25, 0.3) is 0 Å². The van der Waals surface area contributed by atoms with E-state index in [9.17, 15) is 0 Å². The third kappa shape index (κ3) is 3.40. The summed E-state index contributed by atoms with van der Waals surface area (Å²) in [5, 5.41) is 10.7. The number of rotatable bonds is 6. The largest absolute Gasteiger partial charge is 0.379 e. The first-order valence-corrected chi connectivity index (χ1v) is 3.92. The molecule has 0 spiro atoms. The third-order valence-electron chi connectivity index (χ3n) is 1.35. The van der Waals surface area contributed by atoms with Gasteiger partial charge in [0, 0.05) is 6.61 Å². The number of nitrogens with zero attached hydrogens (tertiary/aromatic N) is 4. The lowest BCUT2D eigenvalue weighted by Gasteiger charge is -2.01. The van der Waals surface area contributed by atoms with Crippen LogP contribution < -0.4 is 5.73 Å². The van der Waals surface area contributed by atoms with Crippen LogP contribution in [0.2, 0.25) is 0 Å². The predicted molar refractivity (Wildman–Crippen MR) is 42.3 cm³/mol. The lowest BCUT2D eigenvalue weighted by molar-refractivity contribution is 0.122. The Labute approximate surface area is 70.7 Å². The Morgan fingerprint density at radius 2 is 2.33 bits per heavy atom. The van der Waals surface area contributed by atoms with Crippen molar-refractivity contribution < 1.29 is 4.74 Å². The average molecular weight is 171 g/mol. The van der Waals surface area contributed by atoms with E-state index in [2.05, 4.69) is 15.5 Å². The molecule has 6 heteroatoms. The Balaban J connectivity index is 1.96. The summed E-state index contributed by atoms with van der Waals surface area (Å²) in [4.78, 5) is 0. The lowest BCUT2D eigenvalue weighted by atomic mass is 10.5. The maximum absolute atomic E-state index is 5.29. The molecule has 1 aromatic heterocycles. The van der Waals surface area contributed by atoms with Gasteiger partial charge in [-0.2, -0.15) is 0 Å². The first kappa shape index (κ1) is 9.08. The van der Waals surface area contributed by atoms with Crippen molar-refractivity contribution in [3.63, 3.8) is 0 Å². The van der Waals surface area contributed by atoms with Crippen molar-refractivity contribution in [3.8, 4) is 0 Å². The topological polar surface area (TPSA) is 78.9 Å². The minimum Gasteiger partial charge on any atom is -0.379 e. The number of hydrogen-bond acceptors (Lipinski definition) is 5. The number of ether oxygens (including phenoxy) is 1. The molecule has 68 valence electrons. The molecule has 12 heavy (non-hydrogen) atoms. The zero-order valence-electron chi connectivity index (χ0n) is 6.89. The van der Waals surface area contributed by atoms with Crippen molar-refractivity contribution in [1.82, 2.24) is 20.2 Å². The molecule has 0 aromatic carbocycles. The van der Waals surface area contributed by atoms with Crippen molar-refractivity contribution in [1.29, 1.82) is 0 Å². The van der Waals surface area contributed by atoms with Crippen LogP contribution in [0.1, 0.15) is 6.42 Å². The summed E-state index contributed by atoms with van der Waals surface area (Å²) in [6.07, 6.45) is 2.46. The van der Waals surface area contributed by atoms with Gasteiger partial charge >= 0.3 is 0 Å². The molecule has 6 nitrogen and oxygen atoms in total. The zero-order valence-corrected chi connectivity index (χ0v) is 6.89. The molecular formula is C6H13N5O. The van der Waals surface area contributed by atoms with E-state index in [-0.39, 0.29) is 0 Å². The van der Waals surface area contributed by atoms with Gasteiger partial charge in [-0.25, -0.2) is 4.68 Å². The molecule has 0 aliphatic heterocycles. The van der Waals surface area contributed by atoms with Crippen LogP contribution in [0.15, 0.2) is 6.33 Å². The monoisotopic (exact) mass is 171 g/mol. The molecule has 0 aliphatic carbocycles. The Hall–Kier alpha value is -1.01. The van der Waals surface area contributed by atoms with Crippen LogP contribution in [0.3, 0.4) is 0 Å². The molecule has 1 aromatic rings. The molecule has 2 N–H and O–H groups in total. The molecule has 0 amide bonds. The van der Waals surface area contributed by atoms with Gasteiger partial charge in [-0.3, -0.25) is 0 Å². The SMILES string of the molecule is NCCCOCCn1cnnn1. The van der Waals surface area contributed by atoms with E-state index in [1.165, 1.54) is 0 Å². The molecule has 0 atom stereocenters. The zero-order chi connectivity index (χ0) is 8.65. The molecule has 0 unspecified atom stereocenters. The highest BCUT2D eigenvalue weighted by molar-refractivity contribution is 4.45. The fourth-order valence-corrected chi connectivity index (χ4v) is 0.728. The van der Waals surface area contributed by atoms with Gasteiger partial charge < -0.3 is 10.5 Å². The van der Waals surface area contributed by atoms with Crippen LogP contribution in [0.25, 0.3) is 0 Å². The summed E-state index contributed by atoms with van der Waals surface area (Å²) in [7, 11) is 0. The molecule has 0 fully saturated rings. The lowest BCUT2D eigenvalue weighted by Crippen LogP contribution is -2.09. The van der Waals surface area contributed by atoms with Gasteiger partial charge in [0.05, 0.1) is 13.2 Å². The van der Waals surface area contributed by atoms with Gasteiger partial charge in [-0.05, 0) is 23.4 Å². The highest BCUT2D eigenvalue weighted by Gasteiger charge is 1.91. The Bertz CT molecular complexity index is 188. The predicted octanol–water partition coefficient (Wildman–Crippen LogP) is -0.962. The number of tetrazole rings is 1. The van der Waals surface area contributed by atoms with Crippen molar-refractivity contribution in [3.05, 3.63) is 6.33 Å². The number of aromatic nitrogens is 4. The maximum atomic E-state index is 5.29. The highest BCUT2D eigenvalue weighted by Crippen LogP contribution is 1.82. The molecule has 0 aliphatic rings. The fourth-order valence-electron chi connectivity index (χ4n) is 0.728. The first-order valence-electron chi connectivity index (χ1n) is 3.92. The summed E-state index contributed by atoms with van der Waals surface area (Å²) < 4.78 is 6.88. The van der Waals surface area contributed by atoms with Crippen molar-refractivity contribution in [2.75, 3.05) is 19.8 Å². The van der Waals surface area contributed by atoms with Crippen molar-refractivity contribution >= 4 is 0 Å². The van der Waals surface area contributed by atoms with Crippen LogP contribution >= 0.6 is 0 Å². The second kappa shape index (κ2) is 5.62. The minimum absolute atomic E-state index is 0.630. The van der Waals surface area contributed by atoms with Gasteiger partial charge in [-0.15, -0.1) is 5.10 Å². The van der Waals surface area contributed by atoms with Gasteiger partial charge in [-0.1, -0.05) is 0 Å². The Kier molecular flexibility index (Phi) is 4.25. The van der Waals surface area contributed by atoms with Crippen LogP contribution in [0.4, 0.5) is 0 Å². The molecule has 1 heterocycles. The van der Waals surface area contributed by atoms with Gasteiger partial charge in [0.2, 0.25) is 0 Å².